The van der Waals surface area contributed by atoms with Gasteiger partial charge in [-0.3, -0.25) is 0 Å². The third-order valence-corrected chi connectivity index (χ3v) is 3.72. The van der Waals surface area contributed by atoms with E-state index in [1.54, 1.807) is 20.4 Å². The third kappa shape index (κ3) is 2.70. The summed E-state index contributed by atoms with van der Waals surface area (Å²) in [5.41, 5.74) is 1.64. The minimum atomic E-state index is -0.154. The monoisotopic (exact) mass is 295 g/mol. The Balaban J connectivity index is 2.46. The quantitative estimate of drug-likeness (QED) is 0.857. The van der Waals surface area contributed by atoms with Crippen molar-refractivity contribution in [3.8, 4) is 11.8 Å². The van der Waals surface area contributed by atoms with Crippen molar-refractivity contribution in [3.63, 3.8) is 0 Å². The molecule has 108 valence electrons. The molecule has 0 aliphatic carbocycles. The van der Waals surface area contributed by atoms with E-state index in [1.807, 2.05) is 14.0 Å². The van der Waals surface area contributed by atoms with Gasteiger partial charge in [-0.05, 0) is 25.0 Å². The lowest BCUT2D eigenvalue weighted by molar-refractivity contribution is 0.353. The molecular formula is C12H17N5O2S. The average Bonchev–Trinajstić information content (AvgIpc) is 2.96. The van der Waals surface area contributed by atoms with Crippen LogP contribution in [0.5, 0.6) is 11.8 Å². The minimum Gasteiger partial charge on any atom is -0.480 e. The van der Waals surface area contributed by atoms with Gasteiger partial charge in [0.1, 0.15) is 5.69 Å². The Hall–Kier alpha value is -1.80. The van der Waals surface area contributed by atoms with Crippen molar-refractivity contribution >= 4 is 11.5 Å². The smallest absolute Gasteiger partial charge is 0.240 e. The lowest BCUT2D eigenvalue weighted by Crippen LogP contribution is -2.20. The van der Waals surface area contributed by atoms with E-state index < -0.39 is 0 Å². The summed E-state index contributed by atoms with van der Waals surface area (Å²) in [6.07, 6.45) is 2.39. The van der Waals surface area contributed by atoms with Gasteiger partial charge in [0.25, 0.3) is 0 Å². The molecule has 0 saturated heterocycles. The molecule has 0 bridgehead atoms. The molecule has 0 spiro atoms. The van der Waals surface area contributed by atoms with Gasteiger partial charge in [0.15, 0.2) is 0 Å². The fourth-order valence-electron chi connectivity index (χ4n) is 1.88. The average molecular weight is 295 g/mol. The second kappa shape index (κ2) is 6.58. The molecule has 2 heterocycles. The normalized spacial score (nSPS) is 12.2. The number of nitrogens with zero attached hydrogens (tertiary/aromatic N) is 4. The molecule has 0 aliphatic rings. The molecule has 1 unspecified atom stereocenters. The van der Waals surface area contributed by atoms with Crippen LogP contribution in [0, 0.1) is 0 Å². The molecule has 0 aromatic carbocycles. The second-order valence-electron chi connectivity index (χ2n) is 3.97. The number of rotatable bonds is 6. The zero-order valence-electron chi connectivity index (χ0n) is 11.9. The zero-order chi connectivity index (χ0) is 14.5. The first kappa shape index (κ1) is 14.6. The van der Waals surface area contributed by atoms with Gasteiger partial charge in [-0.15, -0.1) is 5.10 Å². The van der Waals surface area contributed by atoms with Crippen LogP contribution < -0.4 is 14.8 Å². The molecule has 2 aromatic rings. The summed E-state index contributed by atoms with van der Waals surface area (Å²) >= 11 is 1.35. The summed E-state index contributed by atoms with van der Waals surface area (Å²) in [7, 11) is 4.96. The fourth-order valence-corrected chi connectivity index (χ4v) is 2.74. The molecule has 1 atom stereocenters. The van der Waals surface area contributed by atoms with Crippen molar-refractivity contribution in [2.45, 2.75) is 19.4 Å². The topological polar surface area (TPSA) is 82.1 Å². The van der Waals surface area contributed by atoms with Gasteiger partial charge >= 0.3 is 0 Å². The Morgan fingerprint density at radius 3 is 2.75 bits per heavy atom. The predicted octanol–water partition coefficient (Wildman–Crippen LogP) is 1.22. The van der Waals surface area contributed by atoms with E-state index >= 15 is 0 Å². The Labute approximate surface area is 121 Å². The molecule has 0 aliphatic heterocycles. The Morgan fingerprint density at radius 1 is 1.35 bits per heavy atom. The number of hydrogen-bond donors (Lipinski definition) is 1. The number of methoxy groups -OCH3 is 2. The first-order chi connectivity index (χ1) is 9.74. The molecule has 8 heteroatoms. The molecular weight excluding hydrogens is 278 g/mol. The summed E-state index contributed by atoms with van der Waals surface area (Å²) in [6, 6.07) is -0.154. The van der Waals surface area contributed by atoms with Crippen molar-refractivity contribution in [1.29, 1.82) is 0 Å². The van der Waals surface area contributed by atoms with E-state index in [0.717, 1.165) is 17.0 Å². The van der Waals surface area contributed by atoms with Crippen LogP contribution in [0.4, 0.5) is 0 Å². The van der Waals surface area contributed by atoms with Crippen molar-refractivity contribution in [2.24, 2.45) is 0 Å². The maximum absolute atomic E-state index is 5.31. The number of aromatic nitrogens is 4. The number of nitrogens with one attached hydrogen (secondary N) is 1. The second-order valence-corrected chi connectivity index (χ2v) is 4.75. The van der Waals surface area contributed by atoms with Crippen molar-refractivity contribution in [3.05, 3.63) is 22.5 Å². The molecule has 2 aromatic heterocycles. The maximum Gasteiger partial charge on any atom is 0.240 e. The van der Waals surface area contributed by atoms with Crippen molar-refractivity contribution < 1.29 is 9.47 Å². The Kier molecular flexibility index (Phi) is 4.80. The van der Waals surface area contributed by atoms with Crippen LogP contribution in [-0.4, -0.2) is 40.8 Å². The van der Waals surface area contributed by atoms with Gasteiger partial charge in [-0.2, -0.15) is 4.98 Å². The largest absolute Gasteiger partial charge is 0.480 e. The van der Waals surface area contributed by atoms with Gasteiger partial charge in [-0.1, -0.05) is 11.4 Å². The van der Waals surface area contributed by atoms with Gasteiger partial charge < -0.3 is 14.8 Å². The summed E-state index contributed by atoms with van der Waals surface area (Å²) < 4.78 is 14.4. The summed E-state index contributed by atoms with van der Waals surface area (Å²) in [4.78, 5) is 9.68. The first-order valence-corrected chi connectivity index (χ1v) is 6.95. The Morgan fingerprint density at radius 2 is 2.15 bits per heavy atom. The molecule has 20 heavy (non-hydrogen) atoms. The van der Waals surface area contributed by atoms with Gasteiger partial charge in [-0.25, -0.2) is 4.98 Å². The molecule has 0 fully saturated rings. The van der Waals surface area contributed by atoms with E-state index in [-0.39, 0.29) is 6.04 Å². The Bertz CT molecular complexity index is 575. The summed E-state index contributed by atoms with van der Waals surface area (Å²) in [5.74, 6) is 0.845. The molecule has 0 radical (unpaired) electrons. The first-order valence-electron chi connectivity index (χ1n) is 6.18. The zero-order valence-corrected chi connectivity index (χ0v) is 12.7. The number of hydrogen-bond acceptors (Lipinski definition) is 8. The summed E-state index contributed by atoms with van der Waals surface area (Å²) in [5, 5.41) is 7.35. The van der Waals surface area contributed by atoms with Crippen LogP contribution in [0.15, 0.2) is 6.20 Å². The van der Waals surface area contributed by atoms with Crippen LogP contribution in [-0.2, 0) is 6.42 Å². The van der Waals surface area contributed by atoms with E-state index in [2.05, 4.69) is 24.9 Å². The van der Waals surface area contributed by atoms with E-state index in [9.17, 15) is 0 Å². The molecule has 0 amide bonds. The lowest BCUT2D eigenvalue weighted by atomic mass is 10.1. The van der Waals surface area contributed by atoms with Gasteiger partial charge in [0.2, 0.25) is 11.8 Å². The van der Waals surface area contributed by atoms with E-state index in [1.165, 1.54) is 11.5 Å². The van der Waals surface area contributed by atoms with E-state index in [4.69, 9.17) is 9.47 Å². The van der Waals surface area contributed by atoms with Crippen molar-refractivity contribution in [1.82, 2.24) is 24.9 Å². The lowest BCUT2D eigenvalue weighted by Gasteiger charge is -2.17. The highest BCUT2D eigenvalue weighted by Gasteiger charge is 2.24. The van der Waals surface area contributed by atoms with Gasteiger partial charge in [0, 0.05) is 0 Å². The standard InChI is InChI=1S/C12H17N5O2S/c1-5-7-11(20-17-16-7)9(13-2)10-12(19-4)15-8(18-3)6-14-10/h6,9,13H,5H2,1-4H3. The highest BCUT2D eigenvalue weighted by molar-refractivity contribution is 7.05. The highest BCUT2D eigenvalue weighted by Crippen LogP contribution is 2.31. The fraction of sp³-hybridized carbons (Fsp3) is 0.500. The number of aryl methyl sites for hydroxylation is 1. The van der Waals surface area contributed by atoms with E-state index in [0.29, 0.717) is 17.5 Å². The minimum absolute atomic E-state index is 0.154. The SMILES string of the molecule is CCc1nnsc1C(NC)c1ncc(OC)nc1OC. The van der Waals surface area contributed by atoms with Crippen LogP contribution in [0.2, 0.25) is 0 Å². The summed E-state index contributed by atoms with van der Waals surface area (Å²) in [6.45, 7) is 2.05. The molecule has 7 nitrogen and oxygen atoms in total. The molecule has 1 N–H and O–H groups in total. The predicted molar refractivity (Wildman–Crippen MR) is 75.3 cm³/mol. The van der Waals surface area contributed by atoms with Gasteiger partial charge in [0.05, 0.1) is 37.0 Å². The maximum atomic E-state index is 5.31. The number of ether oxygens (including phenoxy) is 2. The van der Waals surface area contributed by atoms with Crippen LogP contribution >= 0.6 is 11.5 Å². The van der Waals surface area contributed by atoms with Crippen LogP contribution in [0.25, 0.3) is 0 Å². The molecule has 0 saturated carbocycles. The van der Waals surface area contributed by atoms with Crippen LogP contribution in [0.1, 0.15) is 29.2 Å². The molecule has 2 rings (SSSR count). The highest BCUT2D eigenvalue weighted by atomic mass is 32.1. The third-order valence-electron chi connectivity index (χ3n) is 2.89. The van der Waals surface area contributed by atoms with Crippen molar-refractivity contribution in [2.75, 3.05) is 21.3 Å². The van der Waals surface area contributed by atoms with Crippen LogP contribution in [0.3, 0.4) is 0 Å².